The number of nitrogens with zero attached hydrogens (tertiary/aromatic N) is 1. The predicted molar refractivity (Wildman–Crippen MR) is 98.2 cm³/mol. The van der Waals surface area contributed by atoms with Crippen LogP contribution in [0, 0.1) is 17.8 Å². The van der Waals surface area contributed by atoms with Crippen LogP contribution in [0.2, 0.25) is 0 Å². The number of benzene rings is 1. The van der Waals surface area contributed by atoms with Gasteiger partial charge in [-0.2, -0.15) is 0 Å². The van der Waals surface area contributed by atoms with Crippen molar-refractivity contribution in [2.24, 2.45) is 17.8 Å². The van der Waals surface area contributed by atoms with Gasteiger partial charge in [0.25, 0.3) is 0 Å². The lowest BCUT2D eigenvalue weighted by Gasteiger charge is -2.56. The van der Waals surface area contributed by atoms with Gasteiger partial charge in [0.1, 0.15) is 5.75 Å². The molecule has 126 valence electrons. The van der Waals surface area contributed by atoms with E-state index < -0.39 is 0 Å². The van der Waals surface area contributed by atoms with Gasteiger partial charge in [-0.15, -0.1) is 11.3 Å². The Bertz CT molecular complexity index is 718. The Balaban J connectivity index is 1.42. The molecule has 0 radical (unpaired) electrons. The van der Waals surface area contributed by atoms with E-state index in [1.807, 2.05) is 24.3 Å². The third-order valence-corrected chi connectivity index (χ3v) is 7.19. The highest BCUT2D eigenvalue weighted by molar-refractivity contribution is 7.13. The van der Waals surface area contributed by atoms with Crippen molar-refractivity contribution in [3.63, 3.8) is 0 Å². The van der Waals surface area contributed by atoms with Gasteiger partial charge in [0.05, 0.1) is 18.5 Å². The lowest BCUT2D eigenvalue weighted by molar-refractivity contribution is -0.00688. The maximum Gasteiger partial charge on any atom is 0.187 e. The molecule has 1 N–H and O–H groups in total. The standard InChI is InChI=1S/C20H24N2OS/c1-23-17-5-3-2-4-16(17)21-19-22-18(12-24-19)20-9-13-6-14(10-20)8-15(7-13)11-20/h2-5,12-15H,6-11H2,1H3,(H,21,22). The first-order valence-corrected chi connectivity index (χ1v) is 9.98. The third kappa shape index (κ3) is 2.34. The van der Waals surface area contributed by atoms with Crippen LogP contribution >= 0.6 is 11.3 Å². The van der Waals surface area contributed by atoms with E-state index in [1.165, 1.54) is 44.2 Å². The van der Waals surface area contributed by atoms with E-state index in [1.54, 1.807) is 18.4 Å². The smallest absolute Gasteiger partial charge is 0.187 e. The lowest BCUT2D eigenvalue weighted by atomic mass is 9.49. The fraction of sp³-hybridized carbons (Fsp3) is 0.550. The molecule has 1 aromatic carbocycles. The first-order chi connectivity index (χ1) is 11.7. The Morgan fingerprint density at radius 2 is 1.75 bits per heavy atom. The van der Waals surface area contributed by atoms with Crippen molar-refractivity contribution in [3.8, 4) is 5.75 Å². The molecule has 1 heterocycles. The molecular weight excluding hydrogens is 316 g/mol. The summed E-state index contributed by atoms with van der Waals surface area (Å²) in [6, 6.07) is 8.05. The summed E-state index contributed by atoms with van der Waals surface area (Å²) in [6.07, 6.45) is 8.56. The average Bonchev–Trinajstić information content (AvgIpc) is 3.03. The number of hydrogen-bond donors (Lipinski definition) is 1. The summed E-state index contributed by atoms with van der Waals surface area (Å²) in [7, 11) is 1.71. The fourth-order valence-electron chi connectivity index (χ4n) is 5.86. The van der Waals surface area contributed by atoms with Crippen LogP contribution in [-0.2, 0) is 5.41 Å². The number of hydrogen-bond acceptors (Lipinski definition) is 4. The summed E-state index contributed by atoms with van der Waals surface area (Å²) >= 11 is 1.73. The Morgan fingerprint density at radius 1 is 1.08 bits per heavy atom. The zero-order valence-corrected chi connectivity index (χ0v) is 14.9. The molecule has 4 heteroatoms. The van der Waals surface area contributed by atoms with Crippen molar-refractivity contribution in [3.05, 3.63) is 35.3 Å². The minimum atomic E-state index is 0.381. The molecule has 0 unspecified atom stereocenters. The van der Waals surface area contributed by atoms with Crippen LogP contribution in [-0.4, -0.2) is 12.1 Å². The first-order valence-electron chi connectivity index (χ1n) is 9.10. The van der Waals surface area contributed by atoms with E-state index in [0.717, 1.165) is 34.3 Å². The Morgan fingerprint density at radius 3 is 2.42 bits per heavy atom. The van der Waals surface area contributed by atoms with E-state index in [-0.39, 0.29) is 0 Å². The SMILES string of the molecule is COc1ccccc1Nc1nc(C23CC4CC(CC(C4)C2)C3)cs1. The van der Waals surface area contributed by atoms with Gasteiger partial charge >= 0.3 is 0 Å². The Hall–Kier alpha value is -1.55. The lowest BCUT2D eigenvalue weighted by Crippen LogP contribution is -2.48. The zero-order valence-electron chi connectivity index (χ0n) is 14.1. The summed E-state index contributed by atoms with van der Waals surface area (Å²) in [6.45, 7) is 0. The summed E-state index contributed by atoms with van der Waals surface area (Å²) in [5.41, 5.74) is 2.72. The number of aromatic nitrogens is 1. The summed E-state index contributed by atoms with van der Waals surface area (Å²) in [5, 5.41) is 6.76. The van der Waals surface area contributed by atoms with Crippen LogP contribution < -0.4 is 10.1 Å². The van der Waals surface area contributed by atoms with Gasteiger partial charge in [-0.05, 0) is 68.4 Å². The molecule has 0 saturated heterocycles. The van der Waals surface area contributed by atoms with E-state index in [2.05, 4.69) is 10.7 Å². The van der Waals surface area contributed by atoms with Crippen LogP contribution in [0.1, 0.15) is 44.2 Å². The van der Waals surface area contributed by atoms with E-state index in [9.17, 15) is 0 Å². The molecule has 3 nitrogen and oxygen atoms in total. The van der Waals surface area contributed by atoms with E-state index >= 15 is 0 Å². The second kappa shape index (κ2) is 5.48. The quantitative estimate of drug-likeness (QED) is 0.813. The molecule has 24 heavy (non-hydrogen) atoms. The normalized spacial score (nSPS) is 33.6. The minimum Gasteiger partial charge on any atom is -0.495 e. The Labute approximate surface area is 147 Å². The molecule has 4 aliphatic carbocycles. The van der Waals surface area contributed by atoms with Crippen molar-refractivity contribution < 1.29 is 4.74 Å². The van der Waals surface area contributed by atoms with Crippen molar-refractivity contribution in [1.29, 1.82) is 0 Å². The second-order valence-corrected chi connectivity index (χ2v) is 8.92. The van der Waals surface area contributed by atoms with Crippen LogP contribution in [0.4, 0.5) is 10.8 Å². The van der Waals surface area contributed by atoms with Crippen LogP contribution in [0.3, 0.4) is 0 Å². The number of anilines is 2. The van der Waals surface area contributed by atoms with Crippen LogP contribution in [0.5, 0.6) is 5.75 Å². The predicted octanol–water partition coefficient (Wildman–Crippen LogP) is 5.36. The highest BCUT2D eigenvalue weighted by Gasteiger charge is 2.52. The van der Waals surface area contributed by atoms with Crippen molar-refractivity contribution in [2.45, 2.75) is 43.9 Å². The third-order valence-electron chi connectivity index (χ3n) is 6.43. The largest absolute Gasteiger partial charge is 0.495 e. The molecule has 4 saturated carbocycles. The van der Waals surface area contributed by atoms with Gasteiger partial charge < -0.3 is 10.1 Å². The summed E-state index contributed by atoms with van der Waals surface area (Å²) < 4.78 is 5.44. The van der Waals surface area contributed by atoms with Crippen molar-refractivity contribution in [2.75, 3.05) is 12.4 Å². The summed E-state index contributed by atoms with van der Waals surface area (Å²) in [4.78, 5) is 5.02. The molecule has 0 aliphatic heterocycles. The van der Waals surface area contributed by atoms with Gasteiger partial charge in [0.2, 0.25) is 0 Å². The molecule has 0 atom stereocenters. The number of nitrogens with one attached hydrogen (secondary N) is 1. The van der Waals surface area contributed by atoms with Gasteiger partial charge in [-0.3, -0.25) is 0 Å². The highest BCUT2D eigenvalue weighted by Crippen LogP contribution is 2.60. The number of para-hydroxylation sites is 2. The number of methoxy groups -OCH3 is 1. The van der Waals surface area contributed by atoms with Gasteiger partial charge in [-0.25, -0.2) is 4.98 Å². The summed E-state index contributed by atoms with van der Waals surface area (Å²) in [5.74, 6) is 3.75. The fourth-order valence-corrected chi connectivity index (χ4v) is 6.71. The van der Waals surface area contributed by atoms with Crippen molar-refractivity contribution in [1.82, 2.24) is 4.98 Å². The van der Waals surface area contributed by atoms with Crippen molar-refractivity contribution >= 4 is 22.2 Å². The molecule has 4 bridgehead atoms. The van der Waals surface area contributed by atoms with Crippen LogP contribution in [0.25, 0.3) is 0 Å². The topological polar surface area (TPSA) is 34.1 Å². The molecule has 6 rings (SSSR count). The molecule has 4 aliphatic rings. The second-order valence-electron chi connectivity index (χ2n) is 8.06. The highest BCUT2D eigenvalue weighted by atomic mass is 32.1. The first kappa shape index (κ1) is 14.8. The van der Waals surface area contributed by atoms with E-state index in [0.29, 0.717) is 5.41 Å². The monoisotopic (exact) mass is 340 g/mol. The number of ether oxygens (including phenoxy) is 1. The molecule has 1 aromatic heterocycles. The zero-order chi connectivity index (χ0) is 16.1. The van der Waals surface area contributed by atoms with E-state index in [4.69, 9.17) is 9.72 Å². The maximum atomic E-state index is 5.44. The molecule has 4 fully saturated rings. The van der Waals surface area contributed by atoms with Crippen LogP contribution in [0.15, 0.2) is 29.6 Å². The maximum absolute atomic E-state index is 5.44. The molecule has 2 aromatic rings. The average molecular weight is 340 g/mol. The Kier molecular flexibility index (Phi) is 3.37. The molecule has 0 amide bonds. The number of rotatable bonds is 4. The van der Waals surface area contributed by atoms with Gasteiger partial charge in [0, 0.05) is 10.8 Å². The van der Waals surface area contributed by atoms with Gasteiger partial charge in [-0.1, -0.05) is 12.1 Å². The minimum absolute atomic E-state index is 0.381. The number of thiazole rings is 1. The van der Waals surface area contributed by atoms with Gasteiger partial charge in [0.15, 0.2) is 5.13 Å². The molecular formula is C20H24N2OS. The molecule has 0 spiro atoms.